The van der Waals surface area contributed by atoms with Gasteiger partial charge in [0, 0.05) is 16.4 Å². The van der Waals surface area contributed by atoms with E-state index in [4.69, 9.17) is 23.8 Å². The highest BCUT2D eigenvalue weighted by molar-refractivity contribution is 7.80. The molecule has 0 saturated heterocycles. The van der Waals surface area contributed by atoms with E-state index < -0.39 is 0 Å². The smallest absolute Gasteiger partial charge is 0.175 e. The zero-order valence-corrected chi connectivity index (χ0v) is 12.4. The molecule has 0 bridgehead atoms. The van der Waals surface area contributed by atoms with Crippen LogP contribution in [0, 0.1) is 13.8 Å². The highest BCUT2D eigenvalue weighted by Gasteiger charge is 2.03. The van der Waals surface area contributed by atoms with Crippen LogP contribution in [0.1, 0.15) is 11.1 Å². The number of anilines is 2. The monoisotopic (exact) mass is 290 g/mol. The third-order valence-electron chi connectivity index (χ3n) is 2.95. The molecule has 0 atom stereocenters. The minimum Gasteiger partial charge on any atom is -0.332 e. The van der Waals surface area contributed by atoms with E-state index in [2.05, 4.69) is 30.5 Å². The second-order valence-corrected chi connectivity index (χ2v) is 5.18. The van der Waals surface area contributed by atoms with Gasteiger partial charge >= 0.3 is 0 Å². The van der Waals surface area contributed by atoms with Crippen molar-refractivity contribution in [3.8, 4) is 0 Å². The number of nitrogens with one attached hydrogen (secondary N) is 2. The van der Waals surface area contributed by atoms with Crippen molar-refractivity contribution in [2.45, 2.75) is 13.8 Å². The minimum absolute atomic E-state index is 0.566. The maximum absolute atomic E-state index is 5.84. The van der Waals surface area contributed by atoms with Gasteiger partial charge in [0.25, 0.3) is 0 Å². The fraction of sp³-hybridized carbons (Fsp3) is 0.133. The molecule has 0 aliphatic carbocycles. The maximum atomic E-state index is 5.84. The molecule has 2 aromatic carbocycles. The van der Waals surface area contributed by atoms with Gasteiger partial charge in [0.1, 0.15) is 0 Å². The van der Waals surface area contributed by atoms with Crippen molar-refractivity contribution in [2.75, 3.05) is 10.6 Å². The van der Waals surface area contributed by atoms with Gasteiger partial charge in [-0.05, 0) is 67.5 Å². The first-order chi connectivity index (χ1) is 9.06. The van der Waals surface area contributed by atoms with Crippen molar-refractivity contribution < 1.29 is 0 Å². The van der Waals surface area contributed by atoms with Gasteiger partial charge in [-0.1, -0.05) is 23.7 Å². The summed E-state index contributed by atoms with van der Waals surface area (Å²) in [5.41, 5.74) is 4.36. The van der Waals surface area contributed by atoms with Gasteiger partial charge in [-0.3, -0.25) is 0 Å². The average molecular weight is 291 g/mol. The summed E-state index contributed by atoms with van der Waals surface area (Å²) in [5.74, 6) is 0. The fourth-order valence-corrected chi connectivity index (χ4v) is 2.06. The first-order valence-corrected chi connectivity index (χ1v) is 6.74. The Morgan fingerprint density at radius 2 is 1.68 bits per heavy atom. The van der Waals surface area contributed by atoms with Gasteiger partial charge in [-0.15, -0.1) is 0 Å². The summed E-state index contributed by atoms with van der Waals surface area (Å²) in [4.78, 5) is 0. The lowest BCUT2D eigenvalue weighted by Crippen LogP contribution is -2.19. The molecular formula is C15H15ClN2S. The van der Waals surface area contributed by atoms with Crippen LogP contribution in [0.4, 0.5) is 11.4 Å². The quantitative estimate of drug-likeness (QED) is 0.779. The SMILES string of the molecule is Cc1cccc(NC(=S)Nc2ccc(Cl)cc2)c1C. The van der Waals surface area contributed by atoms with E-state index in [1.54, 1.807) is 0 Å². The Morgan fingerprint density at radius 3 is 2.37 bits per heavy atom. The molecule has 2 aromatic rings. The van der Waals surface area contributed by atoms with Crippen LogP contribution in [0.5, 0.6) is 0 Å². The van der Waals surface area contributed by atoms with Crippen LogP contribution in [-0.2, 0) is 0 Å². The Kier molecular flexibility index (Phi) is 4.40. The molecule has 98 valence electrons. The second-order valence-electron chi connectivity index (χ2n) is 4.33. The Morgan fingerprint density at radius 1 is 1.00 bits per heavy atom. The van der Waals surface area contributed by atoms with Gasteiger partial charge in [0.2, 0.25) is 0 Å². The van der Waals surface area contributed by atoms with Crippen LogP contribution in [0.15, 0.2) is 42.5 Å². The van der Waals surface area contributed by atoms with Crippen LogP contribution >= 0.6 is 23.8 Å². The molecule has 2 N–H and O–H groups in total. The molecule has 0 saturated carbocycles. The van der Waals surface area contributed by atoms with E-state index in [0.717, 1.165) is 11.4 Å². The number of hydrogen-bond donors (Lipinski definition) is 2. The first kappa shape index (κ1) is 13.8. The largest absolute Gasteiger partial charge is 0.332 e. The fourth-order valence-electron chi connectivity index (χ4n) is 1.70. The summed E-state index contributed by atoms with van der Waals surface area (Å²) in [6.07, 6.45) is 0. The lowest BCUT2D eigenvalue weighted by molar-refractivity contribution is 1.34. The molecule has 0 unspecified atom stereocenters. The number of aryl methyl sites for hydroxylation is 1. The van der Waals surface area contributed by atoms with Crippen LogP contribution in [-0.4, -0.2) is 5.11 Å². The lowest BCUT2D eigenvalue weighted by atomic mass is 10.1. The second kappa shape index (κ2) is 6.04. The molecule has 2 nitrogen and oxygen atoms in total. The molecule has 0 amide bonds. The molecule has 0 heterocycles. The van der Waals surface area contributed by atoms with E-state index >= 15 is 0 Å². The molecule has 4 heteroatoms. The zero-order valence-electron chi connectivity index (χ0n) is 10.8. The van der Waals surface area contributed by atoms with Crippen LogP contribution in [0.25, 0.3) is 0 Å². The molecule has 0 aliphatic heterocycles. The standard InChI is InChI=1S/C15H15ClN2S/c1-10-4-3-5-14(11(10)2)18-15(19)17-13-8-6-12(16)7-9-13/h3-9H,1-2H3,(H2,17,18,19). The van der Waals surface area contributed by atoms with Gasteiger partial charge < -0.3 is 10.6 Å². The third-order valence-corrected chi connectivity index (χ3v) is 3.41. The summed E-state index contributed by atoms with van der Waals surface area (Å²) in [6.45, 7) is 4.15. The predicted octanol–water partition coefficient (Wildman–Crippen LogP) is 4.77. The lowest BCUT2D eigenvalue weighted by Gasteiger charge is -2.13. The number of thiocarbonyl (C=S) groups is 1. The topological polar surface area (TPSA) is 24.1 Å². The molecule has 2 rings (SSSR count). The molecule has 0 spiro atoms. The third kappa shape index (κ3) is 3.69. The van der Waals surface area contributed by atoms with Crippen LogP contribution < -0.4 is 10.6 Å². The normalized spacial score (nSPS) is 10.1. The van der Waals surface area contributed by atoms with Crippen molar-refractivity contribution in [2.24, 2.45) is 0 Å². The highest BCUT2D eigenvalue weighted by atomic mass is 35.5. The van der Waals surface area contributed by atoms with Gasteiger partial charge in [-0.2, -0.15) is 0 Å². The van der Waals surface area contributed by atoms with Crippen molar-refractivity contribution in [3.63, 3.8) is 0 Å². The molecule has 0 aromatic heterocycles. The van der Waals surface area contributed by atoms with E-state index in [1.807, 2.05) is 36.4 Å². The number of halogens is 1. The van der Waals surface area contributed by atoms with Gasteiger partial charge in [-0.25, -0.2) is 0 Å². The highest BCUT2D eigenvalue weighted by Crippen LogP contribution is 2.19. The Balaban J connectivity index is 2.05. The molecule has 0 aliphatic rings. The van der Waals surface area contributed by atoms with Crippen molar-refractivity contribution >= 4 is 40.3 Å². The van der Waals surface area contributed by atoms with E-state index in [0.29, 0.717) is 10.1 Å². The molecule has 19 heavy (non-hydrogen) atoms. The number of rotatable bonds is 2. The van der Waals surface area contributed by atoms with Gasteiger partial charge in [0.05, 0.1) is 0 Å². The number of hydrogen-bond acceptors (Lipinski definition) is 1. The summed E-state index contributed by atoms with van der Waals surface area (Å²) in [6, 6.07) is 13.5. The van der Waals surface area contributed by atoms with E-state index in [1.165, 1.54) is 11.1 Å². The minimum atomic E-state index is 0.566. The van der Waals surface area contributed by atoms with E-state index in [9.17, 15) is 0 Å². The molecule has 0 radical (unpaired) electrons. The first-order valence-electron chi connectivity index (χ1n) is 5.96. The van der Waals surface area contributed by atoms with Crippen molar-refractivity contribution in [3.05, 3.63) is 58.6 Å². The van der Waals surface area contributed by atoms with Crippen molar-refractivity contribution in [1.82, 2.24) is 0 Å². The molecular weight excluding hydrogens is 276 g/mol. The van der Waals surface area contributed by atoms with Gasteiger partial charge in [0.15, 0.2) is 5.11 Å². The van der Waals surface area contributed by atoms with E-state index in [-0.39, 0.29) is 0 Å². The maximum Gasteiger partial charge on any atom is 0.175 e. The van der Waals surface area contributed by atoms with Crippen LogP contribution in [0.3, 0.4) is 0 Å². The summed E-state index contributed by atoms with van der Waals surface area (Å²) < 4.78 is 0. The Bertz CT molecular complexity index is 594. The Hall–Kier alpha value is -1.58. The summed E-state index contributed by atoms with van der Waals surface area (Å²) in [7, 11) is 0. The van der Waals surface area contributed by atoms with Crippen LogP contribution in [0.2, 0.25) is 5.02 Å². The Labute approximate surface area is 123 Å². The number of benzene rings is 2. The zero-order chi connectivity index (χ0) is 13.8. The average Bonchev–Trinajstić information content (AvgIpc) is 2.38. The summed E-state index contributed by atoms with van der Waals surface area (Å²) >= 11 is 11.1. The van der Waals surface area contributed by atoms with Crippen molar-refractivity contribution in [1.29, 1.82) is 0 Å². The molecule has 0 fully saturated rings. The predicted molar refractivity (Wildman–Crippen MR) is 87.2 cm³/mol. The summed E-state index contributed by atoms with van der Waals surface area (Å²) in [5, 5.41) is 7.60.